The van der Waals surface area contributed by atoms with Gasteiger partial charge in [-0.05, 0) is 63.8 Å². The number of amides is 4. The van der Waals surface area contributed by atoms with Gasteiger partial charge in [0.25, 0.3) is 11.8 Å². The monoisotopic (exact) mass is 538 g/mol. The zero-order chi connectivity index (χ0) is 27.8. The van der Waals surface area contributed by atoms with E-state index in [9.17, 15) is 24.0 Å². The SMILES string of the molecule is CCC1(c2ccccc2)C(=O)N(CC(=O)CCN2CCCCC2)C(=O)N(CC(=O)CCN2CCCCC2)C1=O. The minimum absolute atomic E-state index is 0.110. The van der Waals surface area contributed by atoms with E-state index in [0.29, 0.717) is 18.7 Å². The highest BCUT2D eigenvalue weighted by Gasteiger charge is 2.57. The Hall–Kier alpha value is -2.91. The lowest BCUT2D eigenvalue weighted by Crippen LogP contribution is -2.68. The van der Waals surface area contributed by atoms with E-state index in [0.717, 1.165) is 61.7 Å². The number of ketones is 2. The van der Waals surface area contributed by atoms with Crippen LogP contribution in [0.2, 0.25) is 0 Å². The number of barbiturate groups is 1. The fourth-order valence-corrected chi connectivity index (χ4v) is 6.07. The smallest absolute Gasteiger partial charge is 0.303 e. The highest BCUT2D eigenvalue weighted by Crippen LogP contribution is 2.36. The van der Waals surface area contributed by atoms with E-state index in [4.69, 9.17) is 0 Å². The van der Waals surface area contributed by atoms with Crippen LogP contribution in [-0.4, -0.2) is 101 Å². The molecule has 9 heteroatoms. The number of hydrogen-bond acceptors (Lipinski definition) is 7. The highest BCUT2D eigenvalue weighted by atomic mass is 16.2. The zero-order valence-electron chi connectivity index (χ0n) is 23.2. The number of carbonyl (C=O) groups excluding carboxylic acids is 5. The van der Waals surface area contributed by atoms with Crippen molar-refractivity contribution in [2.75, 3.05) is 52.4 Å². The van der Waals surface area contributed by atoms with Crippen LogP contribution >= 0.6 is 0 Å². The molecule has 4 amide bonds. The summed E-state index contributed by atoms with van der Waals surface area (Å²) in [5.41, 5.74) is -1.19. The van der Waals surface area contributed by atoms with Gasteiger partial charge >= 0.3 is 6.03 Å². The van der Waals surface area contributed by atoms with Crippen molar-refractivity contribution in [2.24, 2.45) is 0 Å². The molecule has 0 N–H and O–H groups in total. The average Bonchev–Trinajstić information content (AvgIpc) is 2.97. The highest BCUT2D eigenvalue weighted by molar-refractivity contribution is 6.24. The summed E-state index contributed by atoms with van der Waals surface area (Å²) in [6.45, 7) is 5.90. The third-order valence-corrected chi connectivity index (χ3v) is 8.46. The number of rotatable bonds is 12. The van der Waals surface area contributed by atoms with Gasteiger partial charge in [-0.3, -0.25) is 29.0 Å². The minimum Gasteiger partial charge on any atom is -0.303 e. The average molecular weight is 539 g/mol. The molecular formula is C30H42N4O5. The number of likely N-dealkylation sites (tertiary alicyclic amines) is 2. The molecule has 3 aliphatic rings. The molecule has 3 aliphatic heterocycles. The first-order chi connectivity index (χ1) is 18.9. The number of hydrogen-bond donors (Lipinski definition) is 0. The van der Waals surface area contributed by atoms with Crippen molar-refractivity contribution in [1.29, 1.82) is 0 Å². The molecule has 3 saturated heterocycles. The first-order valence-corrected chi connectivity index (χ1v) is 14.6. The molecule has 0 atom stereocenters. The molecule has 0 aromatic heterocycles. The van der Waals surface area contributed by atoms with Crippen molar-refractivity contribution in [3.63, 3.8) is 0 Å². The summed E-state index contributed by atoms with van der Waals surface area (Å²) in [7, 11) is 0. The van der Waals surface area contributed by atoms with E-state index in [1.54, 1.807) is 37.3 Å². The van der Waals surface area contributed by atoms with Gasteiger partial charge in [0, 0.05) is 25.9 Å². The van der Waals surface area contributed by atoms with Gasteiger partial charge in [-0.2, -0.15) is 0 Å². The quantitative estimate of drug-likeness (QED) is 0.377. The molecule has 0 bridgehead atoms. The second kappa shape index (κ2) is 13.4. The van der Waals surface area contributed by atoms with Crippen LogP contribution in [0.1, 0.15) is 70.3 Å². The molecule has 212 valence electrons. The first-order valence-electron chi connectivity index (χ1n) is 14.6. The van der Waals surface area contributed by atoms with Crippen LogP contribution in [0.4, 0.5) is 4.79 Å². The number of urea groups is 1. The van der Waals surface area contributed by atoms with Gasteiger partial charge in [0.15, 0.2) is 17.0 Å². The Morgan fingerprint density at radius 2 is 1.13 bits per heavy atom. The largest absolute Gasteiger partial charge is 0.334 e. The summed E-state index contributed by atoms with van der Waals surface area (Å²) < 4.78 is 0. The molecule has 0 radical (unpaired) electrons. The Bertz CT molecular complexity index is 989. The van der Waals surface area contributed by atoms with Crippen molar-refractivity contribution < 1.29 is 24.0 Å². The van der Waals surface area contributed by atoms with E-state index in [2.05, 4.69) is 9.80 Å². The molecular weight excluding hydrogens is 496 g/mol. The normalized spacial score (nSPS) is 20.9. The summed E-state index contributed by atoms with van der Waals surface area (Å²) >= 11 is 0. The van der Waals surface area contributed by atoms with E-state index < -0.39 is 36.3 Å². The Morgan fingerprint density at radius 1 is 0.692 bits per heavy atom. The molecule has 0 spiro atoms. The number of piperidine rings is 2. The molecule has 3 heterocycles. The fourth-order valence-electron chi connectivity index (χ4n) is 6.07. The summed E-state index contributed by atoms with van der Waals surface area (Å²) in [5, 5.41) is 0. The van der Waals surface area contributed by atoms with E-state index >= 15 is 0 Å². The molecule has 9 nitrogen and oxygen atoms in total. The summed E-state index contributed by atoms with van der Waals surface area (Å²) in [6.07, 6.45) is 7.38. The van der Waals surface area contributed by atoms with Crippen LogP contribution in [0.25, 0.3) is 0 Å². The van der Waals surface area contributed by atoms with Crippen molar-refractivity contribution in [3.05, 3.63) is 35.9 Å². The molecule has 0 aliphatic carbocycles. The lowest BCUT2D eigenvalue weighted by Gasteiger charge is -2.43. The third-order valence-electron chi connectivity index (χ3n) is 8.46. The minimum atomic E-state index is -1.66. The van der Waals surface area contributed by atoms with Crippen molar-refractivity contribution in [3.8, 4) is 0 Å². The van der Waals surface area contributed by atoms with Crippen LogP contribution in [0.3, 0.4) is 0 Å². The van der Waals surface area contributed by atoms with Gasteiger partial charge in [-0.25, -0.2) is 4.79 Å². The number of Topliss-reactive ketones (excluding diaryl/α,β-unsaturated/α-hetero) is 2. The second-order valence-corrected chi connectivity index (χ2v) is 11.1. The predicted octanol–water partition coefficient (Wildman–Crippen LogP) is 3.02. The Balaban J connectivity index is 1.52. The van der Waals surface area contributed by atoms with Crippen LogP contribution in [0, 0.1) is 0 Å². The number of carbonyl (C=O) groups is 5. The lowest BCUT2D eigenvalue weighted by atomic mass is 9.74. The summed E-state index contributed by atoms with van der Waals surface area (Å²) in [6, 6.07) is 7.80. The maximum Gasteiger partial charge on any atom is 0.334 e. The van der Waals surface area contributed by atoms with Gasteiger partial charge in [-0.15, -0.1) is 0 Å². The zero-order valence-corrected chi connectivity index (χ0v) is 23.2. The van der Waals surface area contributed by atoms with Crippen LogP contribution in [0.15, 0.2) is 30.3 Å². The van der Waals surface area contributed by atoms with Crippen LogP contribution in [-0.2, 0) is 24.6 Å². The summed E-state index contributed by atoms with van der Waals surface area (Å²) in [4.78, 5) is 73.7. The molecule has 0 unspecified atom stereocenters. The number of nitrogens with zero attached hydrogens (tertiary/aromatic N) is 4. The van der Waals surface area contributed by atoms with Gasteiger partial charge in [0.2, 0.25) is 0 Å². The van der Waals surface area contributed by atoms with Gasteiger partial charge in [-0.1, -0.05) is 50.1 Å². The van der Waals surface area contributed by atoms with Gasteiger partial charge in [0.05, 0.1) is 13.1 Å². The van der Waals surface area contributed by atoms with E-state index in [1.165, 1.54) is 12.8 Å². The molecule has 4 rings (SSSR count). The molecule has 3 fully saturated rings. The van der Waals surface area contributed by atoms with Crippen molar-refractivity contribution in [2.45, 2.75) is 70.1 Å². The van der Waals surface area contributed by atoms with Crippen LogP contribution < -0.4 is 0 Å². The Kier molecular flexibility index (Phi) is 10.0. The maximum atomic E-state index is 13.9. The van der Waals surface area contributed by atoms with Gasteiger partial charge < -0.3 is 9.80 Å². The Labute approximate surface area is 231 Å². The molecule has 1 aromatic carbocycles. The van der Waals surface area contributed by atoms with Gasteiger partial charge in [0.1, 0.15) is 0 Å². The number of imide groups is 2. The topological polar surface area (TPSA) is 98.3 Å². The van der Waals surface area contributed by atoms with E-state index in [1.807, 2.05) is 0 Å². The fraction of sp³-hybridized carbons (Fsp3) is 0.633. The third kappa shape index (κ3) is 6.64. The Morgan fingerprint density at radius 3 is 1.54 bits per heavy atom. The lowest BCUT2D eigenvalue weighted by molar-refractivity contribution is -0.155. The maximum absolute atomic E-state index is 13.9. The van der Waals surface area contributed by atoms with Crippen LogP contribution in [0.5, 0.6) is 0 Å². The standard InChI is InChI=1S/C30H42N4O5/c1-2-30(24-12-6-3-7-13-24)27(37)33(22-25(35)14-20-31-16-8-4-9-17-31)29(39)34(28(30)38)23-26(36)15-21-32-18-10-5-11-19-32/h3,6-7,12-13H,2,4-5,8-11,14-23H2,1H3. The second-order valence-electron chi connectivity index (χ2n) is 11.1. The molecule has 0 saturated carbocycles. The summed E-state index contributed by atoms with van der Waals surface area (Å²) in [5.74, 6) is -1.83. The van der Waals surface area contributed by atoms with Crippen molar-refractivity contribution in [1.82, 2.24) is 19.6 Å². The van der Waals surface area contributed by atoms with Crippen molar-refractivity contribution >= 4 is 29.4 Å². The first kappa shape index (κ1) is 29.1. The van der Waals surface area contributed by atoms with E-state index in [-0.39, 0.29) is 30.8 Å². The molecule has 39 heavy (non-hydrogen) atoms. The number of benzene rings is 1. The molecule has 1 aromatic rings. The predicted molar refractivity (Wildman–Crippen MR) is 147 cm³/mol.